The quantitative estimate of drug-likeness (QED) is 0.808. The molecule has 2 heterocycles. The zero-order valence-corrected chi connectivity index (χ0v) is 11.2. The number of imidazole rings is 1. The minimum absolute atomic E-state index is 0.218. The number of aryl methyl sites for hydroxylation is 1. The lowest BCUT2D eigenvalue weighted by molar-refractivity contribution is -0.118. The molecule has 0 radical (unpaired) electrons. The Balaban J connectivity index is 1.94. The van der Waals surface area contributed by atoms with E-state index in [4.69, 9.17) is 0 Å². The van der Waals surface area contributed by atoms with Crippen LogP contribution in [0.25, 0.3) is 0 Å². The van der Waals surface area contributed by atoms with Crippen LogP contribution in [0.15, 0.2) is 12.4 Å². The molecule has 1 fully saturated rings. The number of aromatic nitrogens is 2. The molecular formula is C13H20N2OS. The van der Waals surface area contributed by atoms with E-state index >= 15 is 0 Å². The Morgan fingerprint density at radius 1 is 1.59 bits per heavy atom. The third-order valence-corrected chi connectivity index (χ3v) is 4.56. The summed E-state index contributed by atoms with van der Waals surface area (Å²) in [6, 6.07) is 0. The van der Waals surface area contributed by atoms with Crippen molar-refractivity contribution in [2.24, 2.45) is 0 Å². The Bertz CT molecular complexity index is 369. The van der Waals surface area contributed by atoms with Crippen LogP contribution in [0.5, 0.6) is 0 Å². The van der Waals surface area contributed by atoms with Crippen molar-refractivity contribution in [1.29, 1.82) is 0 Å². The number of Topliss-reactive ketones (excluding diaryl/α,β-unsaturated/α-hetero) is 1. The number of thioether (sulfide) groups is 1. The Hall–Kier alpha value is -0.770. The van der Waals surface area contributed by atoms with Crippen molar-refractivity contribution in [2.75, 3.05) is 5.75 Å². The minimum Gasteiger partial charge on any atom is -0.335 e. The number of hydrogen-bond acceptors (Lipinski definition) is 3. The molecule has 1 aromatic rings. The third-order valence-electron chi connectivity index (χ3n) is 3.14. The van der Waals surface area contributed by atoms with E-state index in [0.717, 1.165) is 31.0 Å². The average Bonchev–Trinajstić information content (AvgIpc) is 2.78. The van der Waals surface area contributed by atoms with E-state index in [9.17, 15) is 4.79 Å². The second kappa shape index (κ2) is 6.24. The maximum atomic E-state index is 12.1. The van der Waals surface area contributed by atoms with Gasteiger partial charge in [0.05, 0.1) is 11.7 Å². The standard InChI is InChI=1S/C13H20N2OS/c1-2-7-15-8-6-14-13(15)10-11(16)12-5-3-4-9-17-12/h6,8,12H,2-5,7,9-10H2,1H3. The predicted molar refractivity (Wildman–Crippen MR) is 71.3 cm³/mol. The summed E-state index contributed by atoms with van der Waals surface area (Å²) in [6.07, 6.45) is 8.87. The summed E-state index contributed by atoms with van der Waals surface area (Å²) in [6.45, 7) is 3.10. The van der Waals surface area contributed by atoms with Gasteiger partial charge in [-0.2, -0.15) is 11.8 Å². The molecule has 0 spiro atoms. The summed E-state index contributed by atoms with van der Waals surface area (Å²) in [5.74, 6) is 2.43. The Labute approximate surface area is 107 Å². The van der Waals surface area contributed by atoms with Gasteiger partial charge >= 0.3 is 0 Å². The normalized spacial score (nSPS) is 20.4. The fourth-order valence-corrected chi connectivity index (χ4v) is 3.47. The molecule has 4 heteroatoms. The first kappa shape index (κ1) is 12.7. The molecular weight excluding hydrogens is 232 g/mol. The molecule has 1 aliphatic rings. The first-order valence-corrected chi connectivity index (χ1v) is 7.50. The van der Waals surface area contributed by atoms with Crippen molar-refractivity contribution in [3.63, 3.8) is 0 Å². The molecule has 0 aliphatic carbocycles. The Morgan fingerprint density at radius 3 is 3.18 bits per heavy atom. The first-order valence-electron chi connectivity index (χ1n) is 6.45. The molecule has 0 N–H and O–H groups in total. The molecule has 0 saturated carbocycles. The zero-order chi connectivity index (χ0) is 12.1. The number of nitrogens with zero attached hydrogens (tertiary/aromatic N) is 2. The summed E-state index contributed by atoms with van der Waals surface area (Å²) >= 11 is 1.83. The van der Waals surface area contributed by atoms with Gasteiger partial charge in [0, 0.05) is 18.9 Å². The van der Waals surface area contributed by atoms with Crippen LogP contribution in [0.2, 0.25) is 0 Å². The molecule has 1 aliphatic heterocycles. The smallest absolute Gasteiger partial charge is 0.153 e. The molecule has 1 aromatic heterocycles. The van der Waals surface area contributed by atoms with Crippen molar-refractivity contribution in [1.82, 2.24) is 9.55 Å². The number of carbonyl (C=O) groups excluding carboxylic acids is 1. The van der Waals surface area contributed by atoms with Crippen LogP contribution in [0.3, 0.4) is 0 Å². The SMILES string of the molecule is CCCn1ccnc1CC(=O)C1CCCCS1. The van der Waals surface area contributed by atoms with E-state index in [1.54, 1.807) is 6.20 Å². The van der Waals surface area contributed by atoms with Crippen LogP contribution in [0, 0.1) is 0 Å². The molecule has 3 nitrogen and oxygen atoms in total. The van der Waals surface area contributed by atoms with Crippen LogP contribution in [-0.2, 0) is 17.8 Å². The highest BCUT2D eigenvalue weighted by molar-refractivity contribution is 8.00. The summed E-state index contributed by atoms with van der Waals surface area (Å²) in [7, 11) is 0. The fourth-order valence-electron chi connectivity index (χ4n) is 2.22. The van der Waals surface area contributed by atoms with E-state index in [1.807, 2.05) is 18.0 Å². The molecule has 1 atom stereocenters. The van der Waals surface area contributed by atoms with E-state index in [0.29, 0.717) is 12.2 Å². The van der Waals surface area contributed by atoms with Gasteiger partial charge in [0.25, 0.3) is 0 Å². The third kappa shape index (κ3) is 3.35. The molecule has 2 rings (SSSR count). The number of carbonyl (C=O) groups is 1. The van der Waals surface area contributed by atoms with E-state index in [-0.39, 0.29) is 5.25 Å². The largest absolute Gasteiger partial charge is 0.335 e. The van der Waals surface area contributed by atoms with Gasteiger partial charge in [-0.1, -0.05) is 13.3 Å². The van der Waals surface area contributed by atoms with Crippen LogP contribution in [-0.4, -0.2) is 26.3 Å². The topological polar surface area (TPSA) is 34.9 Å². The van der Waals surface area contributed by atoms with E-state index in [1.165, 1.54) is 12.8 Å². The molecule has 94 valence electrons. The minimum atomic E-state index is 0.218. The van der Waals surface area contributed by atoms with Gasteiger partial charge in [0.1, 0.15) is 5.82 Å². The molecule has 17 heavy (non-hydrogen) atoms. The lowest BCUT2D eigenvalue weighted by atomic mass is 10.1. The van der Waals surface area contributed by atoms with Crippen molar-refractivity contribution in [2.45, 2.75) is 50.8 Å². The highest BCUT2D eigenvalue weighted by atomic mass is 32.2. The summed E-state index contributed by atoms with van der Waals surface area (Å²) in [5.41, 5.74) is 0. The van der Waals surface area contributed by atoms with E-state index < -0.39 is 0 Å². The lowest BCUT2D eigenvalue weighted by Gasteiger charge is -2.19. The maximum absolute atomic E-state index is 12.1. The van der Waals surface area contributed by atoms with Crippen LogP contribution in [0.1, 0.15) is 38.4 Å². The van der Waals surface area contributed by atoms with Crippen LogP contribution >= 0.6 is 11.8 Å². The molecule has 1 saturated heterocycles. The lowest BCUT2D eigenvalue weighted by Crippen LogP contribution is -2.24. The van der Waals surface area contributed by atoms with Crippen molar-refractivity contribution >= 4 is 17.5 Å². The second-order valence-electron chi connectivity index (χ2n) is 4.54. The fraction of sp³-hybridized carbons (Fsp3) is 0.692. The average molecular weight is 252 g/mol. The van der Waals surface area contributed by atoms with Crippen molar-refractivity contribution < 1.29 is 4.79 Å². The van der Waals surface area contributed by atoms with Crippen LogP contribution < -0.4 is 0 Å². The van der Waals surface area contributed by atoms with Crippen LogP contribution in [0.4, 0.5) is 0 Å². The summed E-state index contributed by atoms with van der Waals surface area (Å²) in [5, 5.41) is 0.218. The number of hydrogen-bond donors (Lipinski definition) is 0. The van der Waals surface area contributed by atoms with Gasteiger partial charge in [0.2, 0.25) is 0 Å². The molecule has 0 bridgehead atoms. The highest BCUT2D eigenvalue weighted by Gasteiger charge is 2.22. The molecule has 1 unspecified atom stereocenters. The Morgan fingerprint density at radius 2 is 2.47 bits per heavy atom. The summed E-state index contributed by atoms with van der Waals surface area (Å²) < 4.78 is 2.10. The van der Waals surface area contributed by atoms with Gasteiger partial charge in [0.15, 0.2) is 5.78 Å². The van der Waals surface area contributed by atoms with Gasteiger partial charge in [-0.05, 0) is 25.0 Å². The number of rotatable bonds is 5. The van der Waals surface area contributed by atoms with Gasteiger partial charge in [-0.3, -0.25) is 4.79 Å². The monoisotopic (exact) mass is 252 g/mol. The van der Waals surface area contributed by atoms with Gasteiger partial charge < -0.3 is 4.57 Å². The Kier molecular flexibility index (Phi) is 4.66. The zero-order valence-electron chi connectivity index (χ0n) is 10.4. The first-order chi connectivity index (χ1) is 8.31. The number of ketones is 1. The predicted octanol–water partition coefficient (Wildman–Crippen LogP) is 2.69. The van der Waals surface area contributed by atoms with Gasteiger partial charge in [-0.15, -0.1) is 0 Å². The molecule has 0 amide bonds. The summed E-state index contributed by atoms with van der Waals surface area (Å²) in [4.78, 5) is 16.5. The van der Waals surface area contributed by atoms with E-state index in [2.05, 4.69) is 16.5 Å². The van der Waals surface area contributed by atoms with Crippen molar-refractivity contribution in [3.8, 4) is 0 Å². The van der Waals surface area contributed by atoms with Gasteiger partial charge in [-0.25, -0.2) is 4.98 Å². The highest BCUT2D eigenvalue weighted by Crippen LogP contribution is 2.26. The van der Waals surface area contributed by atoms with Crippen molar-refractivity contribution in [3.05, 3.63) is 18.2 Å². The second-order valence-corrected chi connectivity index (χ2v) is 5.85. The maximum Gasteiger partial charge on any atom is 0.153 e. The molecule has 0 aromatic carbocycles.